The fourth-order valence-corrected chi connectivity index (χ4v) is 1.74. The standard InChI is InChI=1S/C12H16N4O/c1-9-13-7-6-11(15-9)12(17)4-3-10-5-8-14-16(10)2/h5-8,12,17H,3-4H2,1-2H3. The minimum absolute atomic E-state index is 0.549. The highest BCUT2D eigenvalue weighted by Crippen LogP contribution is 2.16. The highest BCUT2D eigenvalue weighted by Gasteiger charge is 2.10. The Morgan fingerprint density at radius 1 is 1.35 bits per heavy atom. The molecule has 90 valence electrons. The monoisotopic (exact) mass is 232 g/mol. The molecule has 1 N–H and O–H groups in total. The van der Waals surface area contributed by atoms with E-state index >= 15 is 0 Å². The predicted octanol–water partition coefficient (Wildman–Crippen LogP) is 1.18. The van der Waals surface area contributed by atoms with Gasteiger partial charge in [-0.3, -0.25) is 4.68 Å². The molecule has 0 aliphatic carbocycles. The van der Waals surface area contributed by atoms with Gasteiger partial charge in [0.15, 0.2) is 0 Å². The zero-order valence-corrected chi connectivity index (χ0v) is 10.0. The topological polar surface area (TPSA) is 63.8 Å². The summed E-state index contributed by atoms with van der Waals surface area (Å²) in [6.45, 7) is 1.82. The number of nitrogens with zero attached hydrogens (tertiary/aromatic N) is 4. The SMILES string of the molecule is Cc1nccc(C(O)CCc2ccnn2C)n1. The summed E-state index contributed by atoms with van der Waals surface area (Å²) < 4.78 is 1.82. The molecule has 0 spiro atoms. The molecule has 0 amide bonds. The van der Waals surface area contributed by atoms with Gasteiger partial charge in [0.2, 0.25) is 0 Å². The first-order chi connectivity index (χ1) is 8.16. The molecule has 2 aromatic heterocycles. The van der Waals surface area contributed by atoms with Crippen molar-refractivity contribution >= 4 is 0 Å². The van der Waals surface area contributed by atoms with Gasteiger partial charge in [0, 0.05) is 25.1 Å². The average molecular weight is 232 g/mol. The van der Waals surface area contributed by atoms with Crippen molar-refractivity contribution in [3.05, 3.63) is 41.7 Å². The van der Waals surface area contributed by atoms with Gasteiger partial charge in [0.1, 0.15) is 5.82 Å². The minimum Gasteiger partial charge on any atom is -0.387 e. The van der Waals surface area contributed by atoms with Crippen molar-refractivity contribution in [2.75, 3.05) is 0 Å². The third-order valence-electron chi connectivity index (χ3n) is 2.74. The van der Waals surface area contributed by atoms with E-state index in [0.29, 0.717) is 17.9 Å². The van der Waals surface area contributed by atoms with Crippen molar-refractivity contribution in [2.24, 2.45) is 7.05 Å². The summed E-state index contributed by atoms with van der Waals surface area (Å²) in [6, 6.07) is 3.71. The molecule has 17 heavy (non-hydrogen) atoms. The van der Waals surface area contributed by atoms with Crippen LogP contribution in [0.2, 0.25) is 0 Å². The fourth-order valence-electron chi connectivity index (χ4n) is 1.74. The Morgan fingerprint density at radius 2 is 2.18 bits per heavy atom. The maximum Gasteiger partial charge on any atom is 0.125 e. The predicted molar refractivity (Wildman–Crippen MR) is 63.3 cm³/mol. The van der Waals surface area contributed by atoms with Crippen LogP contribution in [-0.2, 0) is 13.5 Å². The van der Waals surface area contributed by atoms with Crippen LogP contribution in [0.5, 0.6) is 0 Å². The van der Waals surface area contributed by atoms with E-state index in [9.17, 15) is 5.11 Å². The molecule has 0 saturated carbocycles. The third kappa shape index (κ3) is 2.88. The van der Waals surface area contributed by atoms with Crippen LogP contribution < -0.4 is 0 Å². The van der Waals surface area contributed by atoms with Gasteiger partial charge in [-0.15, -0.1) is 0 Å². The molecular formula is C12H16N4O. The van der Waals surface area contributed by atoms with Crippen LogP contribution in [0.15, 0.2) is 24.5 Å². The molecular weight excluding hydrogens is 216 g/mol. The van der Waals surface area contributed by atoms with Crippen LogP contribution >= 0.6 is 0 Å². The Hall–Kier alpha value is -1.75. The van der Waals surface area contributed by atoms with Gasteiger partial charge < -0.3 is 5.11 Å². The molecule has 0 aliphatic rings. The summed E-state index contributed by atoms with van der Waals surface area (Å²) in [5, 5.41) is 14.1. The number of hydrogen-bond acceptors (Lipinski definition) is 4. The maximum absolute atomic E-state index is 10.0. The van der Waals surface area contributed by atoms with Crippen LogP contribution in [0.4, 0.5) is 0 Å². The lowest BCUT2D eigenvalue weighted by Crippen LogP contribution is -2.06. The summed E-state index contributed by atoms with van der Waals surface area (Å²) in [5.74, 6) is 0.682. The molecule has 2 aromatic rings. The van der Waals surface area contributed by atoms with Gasteiger partial charge in [-0.05, 0) is 31.9 Å². The normalized spacial score (nSPS) is 12.6. The molecule has 5 heteroatoms. The largest absolute Gasteiger partial charge is 0.387 e. The lowest BCUT2D eigenvalue weighted by atomic mass is 10.1. The summed E-state index contributed by atoms with van der Waals surface area (Å²) in [4.78, 5) is 8.22. The molecule has 5 nitrogen and oxygen atoms in total. The zero-order valence-electron chi connectivity index (χ0n) is 10.0. The number of aliphatic hydroxyl groups is 1. The summed E-state index contributed by atoms with van der Waals surface area (Å²) in [5.41, 5.74) is 1.79. The smallest absolute Gasteiger partial charge is 0.125 e. The Balaban J connectivity index is 1.98. The van der Waals surface area contributed by atoms with Gasteiger partial charge in [-0.1, -0.05) is 0 Å². The van der Waals surface area contributed by atoms with Gasteiger partial charge in [-0.2, -0.15) is 5.10 Å². The van der Waals surface area contributed by atoms with Crippen LogP contribution in [-0.4, -0.2) is 24.9 Å². The first-order valence-electron chi connectivity index (χ1n) is 5.61. The Labute approximate surface area is 100 Å². The Bertz CT molecular complexity index is 495. The third-order valence-corrected chi connectivity index (χ3v) is 2.74. The second-order valence-electron chi connectivity index (χ2n) is 4.03. The van der Waals surface area contributed by atoms with Crippen molar-refractivity contribution in [1.29, 1.82) is 0 Å². The van der Waals surface area contributed by atoms with Crippen molar-refractivity contribution < 1.29 is 5.11 Å². The van der Waals surface area contributed by atoms with Gasteiger partial charge >= 0.3 is 0 Å². The van der Waals surface area contributed by atoms with Gasteiger partial charge in [0.25, 0.3) is 0 Å². The first kappa shape index (κ1) is 11.7. The van der Waals surface area contributed by atoms with E-state index < -0.39 is 6.10 Å². The zero-order chi connectivity index (χ0) is 12.3. The molecule has 0 radical (unpaired) electrons. The number of aliphatic hydroxyl groups excluding tert-OH is 1. The van der Waals surface area contributed by atoms with Gasteiger partial charge in [-0.25, -0.2) is 9.97 Å². The first-order valence-corrected chi connectivity index (χ1v) is 5.61. The molecule has 0 saturated heterocycles. The van der Waals surface area contributed by atoms with Crippen LogP contribution in [0.25, 0.3) is 0 Å². The number of aromatic nitrogens is 4. The fraction of sp³-hybridized carbons (Fsp3) is 0.417. The summed E-state index contributed by atoms with van der Waals surface area (Å²) >= 11 is 0. The van der Waals surface area contributed by atoms with E-state index in [-0.39, 0.29) is 0 Å². The molecule has 1 atom stereocenters. The summed E-state index contributed by atoms with van der Waals surface area (Å²) in [6.07, 6.45) is 4.30. The van der Waals surface area contributed by atoms with Crippen molar-refractivity contribution in [3.63, 3.8) is 0 Å². The number of hydrogen-bond donors (Lipinski definition) is 1. The van der Waals surface area contributed by atoms with E-state index in [1.165, 1.54) is 0 Å². The van der Waals surface area contributed by atoms with Crippen LogP contribution in [0, 0.1) is 6.92 Å². The van der Waals surface area contributed by atoms with E-state index in [0.717, 1.165) is 12.1 Å². The van der Waals surface area contributed by atoms with Crippen LogP contribution in [0.1, 0.15) is 29.7 Å². The van der Waals surface area contributed by atoms with E-state index in [1.54, 1.807) is 18.5 Å². The number of rotatable bonds is 4. The molecule has 2 rings (SSSR count). The van der Waals surface area contributed by atoms with Gasteiger partial charge in [0.05, 0.1) is 11.8 Å². The second kappa shape index (κ2) is 5.05. The lowest BCUT2D eigenvalue weighted by molar-refractivity contribution is 0.162. The highest BCUT2D eigenvalue weighted by atomic mass is 16.3. The van der Waals surface area contributed by atoms with Crippen LogP contribution in [0.3, 0.4) is 0 Å². The Morgan fingerprint density at radius 3 is 2.82 bits per heavy atom. The number of aryl methyl sites for hydroxylation is 3. The second-order valence-corrected chi connectivity index (χ2v) is 4.03. The molecule has 1 unspecified atom stereocenters. The minimum atomic E-state index is -0.549. The lowest BCUT2D eigenvalue weighted by Gasteiger charge is -2.10. The molecule has 2 heterocycles. The molecule has 0 fully saturated rings. The van der Waals surface area contributed by atoms with Crippen molar-refractivity contribution in [2.45, 2.75) is 25.9 Å². The summed E-state index contributed by atoms with van der Waals surface area (Å²) in [7, 11) is 1.90. The van der Waals surface area contributed by atoms with Crippen molar-refractivity contribution in [1.82, 2.24) is 19.7 Å². The quantitative estimate of drug-likeness (QED) is 0.860. The molecule has 0 aromatic carbocycles. The van der Waals surface area contributed by atoms with E-state index in [1.807, 2.05) is 24.7 Å². The van der Waals surface area contributed by atoms with E-state index in [4.69, 9.17) is 0 Å². The molecule has 0 aliphatic heterocycles. The van der Waals surface area contributed by atoms with E-state index in [2.05, 4.69) is 15.1 Å². The molecule has 0 bridgehead atoms. The highest BCUT2D eigenvalue weighted by molar-refractivity contribution is 5.07. The van der Waals surface area contributed by atoms with Crippen molar-refractivity contribution in [3.8, 4) is 0 Å². The average Bonchev–Trinajstić information content (AvgIpc) is 2.72. The Kier molecular flexibility index (Phi) is 3.49. The maximum atomic E-state index is 10.0.